The summed E-state index contributed by atoms with van der Waals surface area (Å²) in [6.07, 6.45) is 6.72. The van der Waals surface area contributed by atoms with Crippen molar-refractivity contribution in [3.63, 3.8) is 0 Å². The topological polar surface area (TPSA) is 33.1 Å². The van der Waals surface area contributed by atoms with Crippen LogP contribution in [0.25, 0.3) is 0 Å². The minimum Gasteiger partial charge on any atom is -0.367 e. The van der Waals surface area contributed by atoms with Crippen molar-refractivity contribution >= 4 is 5.69 Å². The molecule has 0 amide bonds. The highest BCUT2D eigenvalue weighted by atomic mass is 15.3. The third-order valence-corrected chi connectivity index (χ3v) is 3.40. The maximum atomic E-state index is 4.42. The van der Waals surface area contributed by atoms with Crippen LogP contribution in [0.5, 0.6) is 0 Å². The molecule has 0 aromatic carbocycles. The number of hydrogen-bond acceptors (Lipinski definition) is 3. The Morgan fingerprint density at radius 2 is 2.35 bits per heavy atom. The fraction of sp³-hybridized carbons (Fsp3) is 0.769. The molecule has 1 aliphatic heterocycles. The molecule has 1 N–H and O–H groups in total. The predicted molar refractivity (Wildman–Crippen MR) is 71.5 cm³/mol. The Bertz CT molecular complexity index is 343. The van der Waals surface area contributed by atoms with Gasteiger partial charge in [-0.15, -0.1) is 0 Å². The summed E-state index contributed by atoms with van der Waals surface area (Å²) < 4.78 is 2.03. The predicted octanol–water partition coefficient (Wildman–Crippen LogP) is 2.04. The maximum Gasteiger partial charge on any atom is 0.0753 e. The Kier molecular flexibility index (Phi) is 4.05. The summed E-state index contributed by atoms with van der Waals surface area (Å²) >= 11 is 0. The first-order chi connectivity index (χ1) is 8.20. The number of nitrogens with zero attached hydrogens (tertiary/aromatic N) is 3. The van der Waals surface area contributed by atoms with Gasteiger partial charge in [0.1, 0.15) is 0 Å². The smallest absolute Gasteiger partial charge is 0.0753 e. The van der Waals surface area contributed by atoms with Crippen molar-refractivity contribution in [2.45, 2.75) is 45.7 Å². The van der Waals surface area contributed by atoms with Crippen LogP contribution in [0.1, 0.15) is 39.7 Å². The molecule has 96 valence electrons. The van der Waals surface area contributed by atoms with Gasteiger partial charge in [-0.3, -0.25) is 4.68 Å². The van der Waals surface area contributed by atoms with E-state index >= 15 is 0 Å². The van der Waals surface area contributed by atoms with Crippen molar-refractivity contribution in [1.29, 1.82) is 0 Å². The quantitative estimate of drug-likeness (QED) is 0.868. The molecule has 1 unspecified atom stereocenters. The number of hydrogen-bond donors (Lipinski definition) is 1. The summed E-state index contributed by atoms with van der Waals surface area (Å²) in [6.45, 7) is 9.83. The van der Waals surface area contributed by atoms with Gasteiger partial charge in [-0.2, -0.15) is 5.10 Å². The first kappa shape index (κ1) is 12.4. The Morgan fingerprint density at radius 3 is 3.00 bits per heavy atom. The van der Waals surface area contributed by atoms with Crippen LogP contribution in [0.2, 0.25) is 0 Å². The van der Waals surface area contributed by atoms with E-state index in [1.54, 1.807) is 0 Å². The van der Waals surface area contributed by atoms with Crippen molar-refractivity contribution in [3.8, 4) is 0 Å². The average molecular weight is 236 g/mol. The number of anilines is 1. The van der Waals surface area contributed by atoms with Crippen LogP contribution in [0.3, 0.4) is 0 Å². The molecule has 0 saturated carbocycles. The van der Waals surface area contributed by atoms with Crippen LogP contribution in [-0.4, -0.2) is 35.5 Å². The molecule has 1 saturated heterocycles. The summed E-state index contributed by atoms with van der Waals surface area (Å²) in [7, 11) is 0. The fourth-order valence-electron chi connectivity index (χ4n) is 2.44. The number of piperidine rings is 1. The largest absolute Gasteiger partial charge is 0.367 e. The van der Waals surface area contributed by atoms with Gasteiger partial charge in [0, 0.05) is 31.4 Å². The zero-order chi connectivity index (χ0) is 12.3. The minimum absolute atomic E-state index is 0.443. The SMILES string of the molecule is CCNC1CCCN(c2cnn(C(C)C)c2)C1. The van der Waals surface area contributed by atoms with Gasteiger partial charge in [-0.25, -0.2) is 0 Å². The maximum absolute atomic E-state index is 4.42. The second-order valence-corrected chi connectivity index (χ2v) is 5.12. The van der Waals surface area contributed by atoms with E-state index in [0.717, 1.165) is 19.6 Å². The molecule has 1 atom stereocenters. The van der Waals surface area contributed by atoms with Gasteiger partial charge in [-0.05, 0) is 33.2 Å². The van der Waals surface area contributed by atoms with E-state index in [-0.39, 0.29) is 0 Å². The highest BCUT2D eigenvalue weighted by Crippen LogP contribution is 2.20. The van der Waals surface area contributed by atoms with Crippen molar-refractivity contribution in [1.82, 2.24) is 15.1 Å². The van der Waals surface area contributed by atoms with Crippen molar-refractivity contribution in [2.24, 2.45) is 0 Å². The van der Waals surface area contributed by atoms with E-state index in [9.17, 15) is 0 Å². The van der Waals surface area contributed by atoms with Gasteiger partial charge in [0.2, 0.25) is 0 Å². The van der Waals surface area contributed by atoms with Gasteiger partial charge in [-0.1, -0.05) is 6.92 Å². The molecule has 0 aliphatic carbocycles. The second kappa shape index (κ2) is 5.54. The lowest BCUT2D eigenvalue weighted by Gasteiger charge is -2.33. The van der Waals surface area contributed by atoms with E-state index in [1.807, 2.05) is 10.9 Å². The zero-order valence-electron chi connectivity index (χ0n) is 11.2. The summed E-state index contributed by atoms with van der Waals surface area (Å²) in [6, 6.07) is 1.08. The summed E-state index contributed by atoms with van der Waals surface area (Å²) in [5.74, 6) is 0. The van der Waals surface area contributed by atoms with Crippen molar-refractivity contribution in [2.75, 3.05) is 24.5 Å². The molecule has 0 spiro atoms. The summed E-state index contributed by atoms with van der Waals surface area (Å²) in [4.78, 5) is 2.45. The molecule has 1 fully saturated rings. The third-order valence-electron chi connectivity index (χ3n) is 3.40. The van der Waals surface area contributed by atoms with Gasteiger partial charge in [0.25, 0.3) is 0 Å². The van der Waals surface area contributed by atoms with Gasteiger partial charge < -0.3 is 10.2 Å². The van der Waals surface area contributed by atoms with E-state index < -0.39 is 0 Å². The number of nitrogens with one attached hydrogen (secondary N) is 1. The first-order valence-electron chi connectivity index (χ1n) is 6.73. The average Bonchev–Trinajstić information content (AvgIpc) is 2.79. The van der Waals surface area contributed by atoms with Gasteiger partial charge in [0.15, 0.2) is 0 Å². The van der Waals surface area contributed by atoms with E-state index in [0.29, 0.717) is 12.1 Å². The molecule has 1 aliphatic rings. The van der Waals surface area contributed by atoms with Crippen LogP contribution < -0.4 is 10.2 Å². The standard InChI is InChI=1S/C13H24N4/c1-4-14-12-6-5-7-16(9-12)13-8-15-17(10-13)11(2)3/h8,10-12,14H,4-7,9H2,1-3H3. The van der Waals surface area contributed by atoms with Crippen molar-refractivity contribution < 1.29 is 0 Å². The minimum atomic E-state index is 0.443. The monoisotopic (exact) mass is 236 g/mol. The molecular weight excluding hydrogens is 212 g/mol. The van der Waals surface area contributed by atoms with Crippen molar-refractivity contribution in [3.05, 3.63) is 12.4 Å². The fourth-order valence-corrected chi connectivity index (χ4v) is 2.44. The molecule has 2 rings (SSSR count). The third kappa shape index (κ3) is 3.00. The van der Waals surface area contributed by atoms with Crippen LogP contribution in [0.4, 0.5) is 5.69 Å². The summed E-state index contributed by atoms with van der Waals surface area (Å²) in [5, 5.41) is 7.96. The second-order valence-electron chi connectivity index (χ2n) is 5.12. The van der Waals surface area contributed by atoms with E-state index in [1.165, 1.54) is 18.5 Å². The van der Waals surface area contributed by atoms with E-state index in [2.05, 4.69) is 42.3 Å². The van der Waals surface area contributed by atoms with Gasteiger partial charge in [0.05, 0.1) is 11.9 Å². The van der Waals surface area contributed by atoms with E-state index in [4.69, 9.17) is 0 Å². The number of aromatic nitrogens is 2. The number of rotatable bonds is 4. The molecule has 2 heterocycles. The molecule has 17 heavy (non-hydrogen) atoms. The van der Waals surface area contributed by atoms with Crippen LogP contribution in [0.15, 0.2) is 12.4 Å². The van der Waals surface area contributed by atoms with Gasteiger partial charge >= 0.3 is 0 Å². The Labute approximate surface area is 104 Å². The lowest BCUT2D eigenvalue weighted by atomic mass is 10.1. The van der Waals surface area contributed by atoms with Crippen LogP contribution in [0, 0.1) is 0 Å². The molecule has 4 heteroatoms. The Balaban J connectivity index is 2.00. The molecule has 1 aromatic heterocycles. The van der Waals surface area contributed by atoms with Crippen LogP contribution in [-0.2, 0) is 0 Å². The summed E-state index contributed by atoms with van der Waals surface area (Å²) in [5.41, 5.74) is 1.27. The highest BCUT2D eigenvalue weighted by molar-refractivity contribution is 5.43. The lowest BCUT2D eigenvalue weighted by Crippen LogP contribution is -2.45. The first-order valence-corrected chi connectivity index (χ1v) is 6.73. The highest BCUT2D eigenvalue weighted by Gasteiger charge is 2.20. The van der Waals surface area contributed by atoms with Crippen LogP contribution >= 0.6 is 0 Å². The normalized spacial score (nSPS) is 21.2. The Morgan fingerprint density at radius 1 is 1.53 bits per heavy atom. The molecular formula is C13H24N4. The lowest BCUT2D eigenvalue weighted by molar-refractivity contribution is 0.431. The molecule has 0 bridgehead atoms. The molecule has 4 nitrogen and oxygen atoms in total. The Hall–Kier alpha value is -1.03. The number of likely N-dealkylation sites (N-methyl/N-ethyl adjacent to an activating group) is 1. The molecule has 0 radical (unpaired) electrons. The zero-order valence-corrected chi connectivity index (χ0v) is 11.2. The molecule has 1 aromatic rings.